The fourth-order valence-electron chi connectivity index (χ4n) is 3.85. The summed E-state index contributed by atoms with van der Waals surface area (Å²) < 4.78 is 84.5. The van der Waals surface area contributed by atoms with Crippen molar-refractivity contribution in [3.05, 3.63) is 70.8 Å². The maximum absolute atomic E-state index is 13.1. The van der Waals surface area contributed by atoms with E-state index in [4.69, 9.17) is 10.00 Å². The first-order chi connectivity index (χ1) is 14.6. The summed E-state index contributed by atoms with van der Waals surface area (Å²) in [4.78, 5) is 1.91. The molecule has 0 amide bonds. The Morgan fingerprint density at radius 3 is 2.09 bits per heavy atom. The van der Waals surface area contributed by atoms with Gasteiger partial charge in [-0.2, -0.15) is 31.6 Å². The zero-order valence-electron chi connectivity index (χ0n) is 16.8. The second kappa shape index (κ2) is 10.6. The van der Waals surface area contributed by atoms with Crippen LogP contribution >= 0.6 is 12.4 Å². The van der Waals surface area contributed by atoms with Gasteiger partial charge in [0.05, 0.1) is 42.5 Å². The molecule has 0 N–H and O–H groups in total. The minimum Gasteiger partial charge on any atom is -0.372 e. The molecular formula is C22H21ClF6N2O. The van der Waals surface area contributed by atoms with E-state index in [1.807, 2.05) is 35.2 Å². The average Bonchev–Trinajstić information content (AvgIpc) is 2.72. The van der Waals surface area contributed by atoms with Gasteiger partial charge in [0.25, 0.3) is 0 Å². The van der Waals surface area contributed by atoms with Crippen LogP contribution in [0.2, 0.25) is 0 Å². The van der Waals surface area contributed by atoms with Crippen LogP contribution in [-0.2, 0) is 23.7 Å². The third-order valence-corrected chi connectivity index (χ3v) is 5.21. The largest absolute Gasteiger partial charge is 0.416 e. The van der Waals surface area contributed by atoms with Crippen molar-refractivity contribution in [2.24, 2.45) is 0 Å². The van der Waals surface area contributed by atoms with E-state index in [1.165, 1.54) is 0 Å². The van der Waals surface area contributed by atoms with Gasteiger partial charge in [-0.1, -0.05) is 30.3 Å². The van der Waals surface area contributed by atoms with Crippen LogP contribution in [0.1, 0.15) is 41.1 Å². The Balaban J connectivity index is 0.00000363. The highest BCUT2D eigenvalue weighted by Crippen LogP contribution is 2.37. The molecule has 3 rings (SSSR count). The van der Waals surface area contributed by atoms with Gasteiger partial charge in [0.2, 0.25) is 0 Å². The highest BCUT2D eigenvalue weighted by Gasteiger charge is 2.37. The number of hydrogen-bond acceptors (Lipinski definition) is 3. The van der Waals surface area contributed by atoms with Gasteiger partial charge in [0, 0.05) is 0 Å². The van der Waals surface area contributed by atoms with Crippen LogP contribution in [0.25, 0.3) is 0 Å². The molecule has 0 radical (unpaired) electrons. The molecule has 1 aliphatic rings. The van der Waals surface area contributed by atoms with Gasteiger partial charge < -0.3 is 4.74 Å². The van der Waals surface area contributed by atoms with Crippen molar-refractivity contribution in [3.63, 3.8) is 0 Å². The Hall–Kier alpha value is -2.28. The van der Waals surface area contributed by atoms with Crippen LogP contribution in [0.3, 0.4) is 0 Å². The van der Waals surface area contributed by atoms with Crippen molar-refractivity contribution < 1.29 is 31.1 Å². The van der Waals surface area contributed by atoms with E-state index in [2.05, 4.69) is 6.07 Å². The molecule has 1 fully saturated rings. The molecule has 0 bridgehead atoms. The van der Waals surface area contributed by atoms with Crippen LogP contribution < -0.4 is 0 Å². The monoisotopic (exact) mass is 478 g/mol. The molecule has 0 saturated carbocycles. The molecule has 1 saturated heterocycles. The van der Waals surface area contributed by atoms with E-state index in [0.29, 0.717) is 31.5 Å². The summed E-state index contributed by atoms with van der Waals surface area (Å²) in [6.45, 7) is 0.386. The maximum Gasteiger partial charge on any atom is 0.416 e. The molecule has 0 aliphatic carbocycles. The van der Waals surface area contributed by atoms with Crippen LogP contribution in [0.5, 0.6) is 0 Å². The van der Waals surface area contributed by atoms with Crippen LogP contribution in [0.4, 0.5) is 26.3 Å². The molecule has 32 heavy (non-hydrogen) atoms. The molecule has 10 heteroatoms. The van der Waals surface area contributed by atoms with Gasteiger partial charge in [-0.15, -0.1) is 12.4 Å². The Bertz CT molecular complexity index is 894. The normalized spacial score (nSPS) is 19.8. The minimum absolute atomic E-state index is 0. The number of likely N-dealkylation sites (tertiary alicyclic amines) is 1. The average molecular weight is 479 g/mol. The molecule has 0 spiro atoms. The van der Waals surface area contributed by atoms with Gasteiger partial charge in [-0.25, -0.2) is 0 Å². The number of nitrogens with zero attached hydrogens (tertiary/aromatic N) is 2. The number of benzene rings is 2. The first kappa shape index (κ1) is 26.0. The second-order valence-corrected chi connectivity index (χ2v) is 7.39. The van der Waals surface area contributed by atoms with Gasteiger partial charge in [0.1, 0.15) is 0 Å². The number of nitriles is 1. The predicted octanol–water partition coefficient (Wildman–Crippen LogP) is 6.39. The molecular weight excluding hydrogens is 458 g/mol. The Morgan fingerprint density at radius 1 is 0.969 bits per heavy atom. The molecule has 1 heterocycles. The summed E-state index contributed by atoms with van der Waals surface area (Å²) in [6, 6.07) is 12.5. The van der Waals surface area contributed by atoms with Crippen molar-refractivity contribution in [1.29, 1.82) is 5.26 Å². The molecule has 2 unspecified atom stereocenters. The topological polar surface area (TPSA) is 36.3 Å². The molecule has 1 aliphatic heterocycles. The van der Waals surface area contributed by atoms with Gasteiger partial charge in [0.15, 0.2) is 0 Å². The highest BCUT2D eigenvalue weighted by molar-refractivity contribution is 5.85. The zero-order valence-corrected chi connectivity index (χ0v) is 17.6. The number of hydrogen-bond donors (Lipinski definition) is 0. The smallest absolute Gasteiger partial charge is 0.372 e. The number of rotatable bonds is 5. The van der Waals surface area contributed by atoms with Crippen molar-refractivity contribution in [1.82, 2.24) is 4.90 Å². The Labute approximate surface area is 188 Å². The van der Waals surface area contributed by atoms with Crippen molar-refractivity contribution >= 4 is 12.4 Å². The first-order valence-electron chi connectivity index (χ1n) is 9.65. The van der Waals surface area contributed by atoms with Gasteiger partial charge >= 0.3 is 12.4 Å². The van der Waals surface area contributed by atoms with Gasteiger partial charge in [-0.05, 0) is 48.7 Å². The van der Waals surface area contributed by atoms with E-state index in [0.717, 1.165) is 5.56 Å². The quantitative estimate of drug-likeness (QED) is 0.369. The number of alkyl halides is 6. The summed E-state index contributed by atoms with van der Waals surface area (Å²) in [7, 11) is 0. The lowest BCUT2D eigenvalue weighted by Gasteiger charge is -2.40. The van der Waals surface area contributed by atoms with Crippen molar-refractivity contribution in [3.8, 4) is 6.07 Å². The van der Waals surface area contributed by atoms with Crippen molar-refractivity contribution in [2.75, 3.05) is 13.1 Å². The third kappa shape index (κ3) is 6.37. The lowest BCUT2D eigenvalue weighted by Crippen LogP contribution is -2.43. The predicted molar refractivity (Wildman–Crippen MR) is 108 cm³/mol. The van der Waals surface area contributed by atoms with Crippen LogP contribution in [0, 0.1) is 11.3 Å². The standard InChI is InChI=1S/C22H20F6N2O.ClH/c23-21(24,25)17-11-15(12-18(13-17)22(26,27)28)14-31-19-7-4-9-30(10-8-29)20(19)16-5-2-1-3-6-16;/h1-3,5-6,11-13,19-20H,4,7,9-10,14H2;1H. The van der Waals surface area contributed by atoms with E-state index >= 15 is 0 Å². The zero-order chi connectivity index (χ0) is 22.6. The molecule has 3 nitrogen and oxygen atoms in total. The summed E-state index contributed by atoms with van der Waals surface area (Å²) >= 11 is 0. The number of halogens is 7. The molecule has 0 aromatic heterocycles. The summed E-state index contributed by atoms with van der Waals surface area (Å²) in [5.74, 6) is 0. The number of ether oxygens (including phenoxy) is 1. The molecule has 174 valence electrons. The van der Waals surface area contributed by atoms with Gasteiger partial charge in [-0.3, -0.25) is 4.90 Å². The Morgan fingerprint density at radius 2 is 1.56 bits per heavy atom. The van der Waals surface area contributed by atoms with E-state index in [-0.39, 0.29) is 36.6 Å². The number of piperidine rings is 1. The highest BCUT2D eigenvalue weighted by atomic mass is 35.5. The minimum atomic E-state index is -4.91. The summed E-state index contributed by atoms with van der Waals surface area (Å²) in [6.07, 6.45) is -9.01. The van der Waals surface area contributed by atoms with Crippen LogP contribution in [0.15, 0.2) is 48.5 Å². The second-order valence-electron chi connectivity index (χ2n) is 7.39. The molecule has 2 atom stereocenters. The Kier molecular flexibility index (Phi) is 8.57. The maximum atomic E-state index is 13.1. The fraction of sp³-hybridized carbons (Fsp3) is 0.409. The first-order valence-corrected chi connectivity index (χ1v) is 9.65. The van der Waals surface area contributed by atoms with Crippen molar-refractivity contribution in [2.45, 2.75) is 43.9 Å². The summed E-state index contributed by atoms with van der Waals surface area (Å²) in [5.41, 5.74) is -2.06. The lowest BCUT2D eigenvalue weighted by molar-refractivity contribution is -0.143. The van der Waals surface area contributed by atoms with E-state index < -0.39 is 36.2 Å². The SMILES string of the molecule is Cl.N#CCN1CCCC(OCc2cc(C(F)(F)F)cc(C(F)(F)F)c2)C1c1ccccc1. The summed E-state index contributed by atoms with van der Waals surface area (Å²) in [5, 5.41) is 9.15. The molecule has 2 aromatic rings. The van der Waals surface area contributed by atoms with E-state index in [1.54, 1.807) is 0 Å². The lowest BCUT2D eigenvalue weighted by atomic mass is 9.92. The third-order valence-electron chi connectivity index (χ3n) is 5.21. The van der Waals surface area contributed by atoms with E-state index in [9.17, 15) is 26.3 Å². The fourth-order valence-corrected chi connectivity index (χ4v) is 3.85. The van der Waals surface area contributed by atoms with Crippen LogP contribution in [-0.4, -0.2) is 24.1 Å². The molecule has 2 aromatic carbocycles.